The van der Waals surface area contributed by atoms with E-state index in [1.807, 2.05) is 0 Å². The summed E-state index contributed by atoms with van der Waals surface area (Å²) in [5.74, 6) is -1.30. The first-order valence-electron chi connectivity index (χ1n) is 8.30. The molecule has 2 aliphatic heterocycles. The molecule has 3 amide bonds. The average molecular weight is 463 g/mol. The van der Waals surface area contributed by atoms with Crippen LogP contribution in [0.5, 0.6) is 0 Å². The van der Waals surface area contributed by atoms with Crippen LogP contribution in [-0.4, -0.2) is 41.4 Å². The molecular weight excluding hydrogens is 450 g/mol. The molecule has 0 aromatic heterocycles. The zero-order valence-corrected chi connectivity index (χ0v) is 16.6. The van der Waals surface area contributed by atoms with Crippen LogP contribution in [-0.2, 0) is 14.4 Å². The van der Waals surface area contributed by atoms with Gasteiger partial charge < -0.3 is 5.32 Å². The van der Waals surface area contributed by atoms with Crippen LogP contribution < -0.4 is 10.2 Å². The van der Waals surface area contributed by atoms with Gasteiger partial charge in [0, 0.05) is 15.2 Å². The first kappa shape index (κ1) is 18.6. The number of carbonyl (C=O) groups excluding carboxylic acids is 3. The van der Waals surface area contributed by atoms with Gasteiger partial charge in [-0.15, -0.1) is 0 Å². The average Bonchev–Trinajstić information content (AvgIpc) is 3.18. The molecule has 1 saturated heterocycles. The van der Waals surface area contributed by atoms with Crippen LogP contribution in [0.2, 0.25) is 5.02 Å². The Kier molecular flexibility index (Phi) is 4.86. The van der Waals surface area contributed by atoms with Gasteiger partial charge in [0.1, 0.15) is 6.54 Å². The second kappa shape index (κ2) is 7.33. The van der Waals surface area contributed by atoms with Crippen LogP contribution in [0, 0.1) is 0 Å². The first-order chi connectivity index (χ1) is 13.4. The van der Waals surface area contributed by atoms with Gasteiger partial charge in [0.2, 0.25) is 5.91 Å². The molecular formula is C18H13BrClN5O3. The highest BCUT2D eigenvalue weighted by atomic mass is 79.9. The van der Waals surface area contributed by atoms with Gasteiger partial charge in [-0.05, 0) is 48.5 Å². The lowest BCUT2D eigenvalue weighted by Gasteiger charge is -2.20. The van der Waals surface area contributed by atoms with Crippen LogP contribution in [0.15, 0.2) is 63.3 Å². The van der Waals surface area contributed by atoms with Crippen molar-refractivity contribution in [1.29, 1.82) is 0 Å². The van der Waals surface area contributed by atoms with Crippen LogP contribution in [0.3, 0.4) is 0 Å². The summed E-state index contributed by atoms with van der Waals surface area (Å²) < 4.78 is 0.829. The zero-order valence-electron chi connectivity index (χ0n) is 14.3. The highest BCUT2D eigenvalue weighted by Gasteiger charge is 2.55. The maximum atomic E-state index is 12.9. The maximum absolute atomic E-state index is 12.9. The number of imide groups is 1. The van der Waals surface area contributed by atoms with Crippen molar-refractivity contribution in [1.82, 2.24) is 5.01 Å². The number of rotatable bonds is 4. The molecule has 10 heteroatoms. The van der Waals surface area contributed by atoms with Crippen LogP contribution in [0.25, 0.3) is 0 Å². The number of halogens is 2. The summed E-state index contributed by atoms with van der Waals surface area (Å²) in [6, 6.07) is 11.6. The van der Waals surface area contributed by atoms with E-state index >= 15 is 0 Å². The van der Waals surface area contributed by atoms with Crippen LogP contribution in [0.1, 0.15) is 0 Å². The normalized spacial score (nSPS) is 20.6. The Hall–Kier alpha value is -2.78. The number of anilines is 2. The number of hydrogen-bond acceptors (Lipinski definition) is 6. The smallest absolute Gasteiger partial charge is 0.263 e. The number of hydrogen-bond donors (Lipinski definition) is 1. The van der Waals surface area contributed by atoms with E-state index in [0.29, 0.717) is 16.4 Å². The topological polar surface area (TPSA) is 94.4 Å². The molecule has 1 fully saturated rings. The van der Waals surface area contributed by atoms with Gasteiger partial charge in [0.15, 0.2) is 12.1 Å². The fraction of sp³-hybridized carbons (Fsp3) is 0.167. The van der Waals surface area contributed by atoms with Crippen molar-refractivity contribution in [3.8, 4) is 0 Å². The first-order valence-corrected chi connectivity index (χ1v) is 9.47. The lowest BCUT2D eigenvalue weighted by atomic mass is 10.1. The second-order valence-corrected chi connectivity index (χ2v) is 7.59. The Balaban J connectivity index is 1.48. The Morgan fingerprint density at radius 2 is 1.75 bits per heavy atom. The van der Waals surface area contributed by atoms with Gasteiger partial charge in [-0.25, -0.2) is 4.90 Å². The quantitative estimate of drug-likeness (QED) is 0.707. The third kappa shape index (κ3) is 3.38. The van der Waals surface area contributed by atoms with E-state index < -0.39 is 23.9 Å². The molecule has 2 aromatic carbocycles. The van der Waals surface area contributed by atoms with Gasteiger partial charge in [-0.3, -0.25) is 19.4 Å². The molecule has 2 heterocycles. The summed E-state index contributed by atoms with van der Waals surface area (Å²) in [5, 5.41) is 12.3. The summed E-state index contributed by atoms with van der Waals surface area (Å²) in [4.78, 5) is 38.9. The molecule has 0 bridgehead atoms. The minimum atomic E-state index is -0.945. The number of carbonyl (C=O) groups is 3. The lowest BCUT2D eigenvalue weighted by molar-refractivity contribution is -0.123. The zero-order chi connectivity index (χ0) is 19.8. The van der Waals surface area contributed by atoms with E-state index in [0.717, 1.165) is 9.37 Å². The number of amides is 3. The van der Waals surface area contributed by atoms with E-state index in [1.165, 1.54) is 5.01 Å². The van der Waals surface area contributed by atoms with Crippen molar-refractivity contribution < 1.29 is 14.4 Å². The van der Waals surface area contributed by atoms with E-state index in [-0.39, 0.29) is 12.5 Å². The molecule has 1 N–H and O–H groups in total. The Bertz CT molecular complexity index is 980. The van der Waals surface area contributed by atoms with Crippen molar-refractivity contribution in [2.24, 2.45) is 10.3 Å². The van der Waals surface area contributed by atoms with E-state index in [9.17, 15) is 14.4 Å². The monoisotopic (exact) mass is 461 g/mol. The Morgan fingerprint density at radius 3 is 2.43 bits per heavy atom. The molecule has 2 aliphatic rings. The van der Waals surface area contributed by atoms with Crippen molar-refractivity contribution in [2.75, 3.05) is 16.8 Å². The molecule has 0 unspecified atom stereocenters. The van der Waals surface area contributed by atoms with Gasteiger partial charge >= 0.3 is 0 Å². The van der Waals surface area contributed by atoms with Gasteiger partial charge in [0.05, 0.1) is 5.69 Å². The van der Waals surface area contributed by atoms with Crippen molar-refractivity contribution in [3.05, 3.63) is 58.0 Å². The number of nitrogens with zero attached hydrogens (tertiary/aromatic N) is 4. The third-order valence-corrected chi connectivity index (χ3v) is 5.16. The highest BCUT2D eigenvalue weighted by Crippen LogP contribution is 2.32. The van der Waals surface area contributed by atoms with Crippen molar-refractivity contribution in [2.45, 2.75) is 12.1 Å². The molecule has 0 saturated carbocycles. The molecule has 0 spiro atoms. The van der Waals surface area contributed by atoms with Crippen molar-refractivity contribution >= 4 is 56.6 Å². The number of fused-ring (bicyclic) bond motifs is 1. The van der Waals surface area contributed by atoms with Crippen LogP contribution >= 0.6 is 27.5 Å². The van der Waals surface area contributed by atoms with Gasteiger partial charge in [-0.2, -0.15) is 5.11 Å². The minimum Gasteiger partial charge on any atom is -0.324 e. The molecule has 4 rings (SSSR count). The predicted octanol–water partition coefficient (Wildman–Crippen LogP) is 3.03. The van der Waals surface area contributed by atoms with Crippen LogP contribution in [0.4, 0.5) is 11.4 Å². The second-order valence-electron chi connectivity index (χ2n) is 6.24. The molecule has 0 radical (unpaired) electrons. The molecule has 28 heavy (non-hydrogen) atoms. The van der Waals surface area contributed by atoms with E-state index in [1.54, 1.807) is 48.5 Å². The number of nitrogens with one attached hydrogen (secondary N) is 1. The maximum Gasteiger partial charge on any atom is 0.263 e. The van der Waals surface area contributed by atoms with Crippen molar-refractivity contribution in [3.63, 3.8) is 0 Å². The molecule has 2 aromatic rings. The molecule has 0 aliphatic carbocycles. The fourth-order valence-corrected chi connectivity index (χ4v) is 3.47. The van der Waals surface area contributed by atoms with E-state index in [4.69, 9.17) is 11.6 Å². The Morgan fingerprint density at radius 1 is 1.07 bits per heavy atom. The largest absolute Gasteiger partial charge is 0.324 e. The predicted molar refractivity (Wildman–Crippen MR) is 106 cm³/mol. The third-order valence-electron chi connectivity index (χ3n) is 4.38. The van der Waals surface area contributed by atoms with Gasteiger partial charge in [-0.1, -0.05) is 32.8 Å². The highest BCUT2D eigenvalue weighted by molar-refractivity contribution is 9.10. The summed E-state index contributed by atoms with van der Waals surface area (Å²) in [6.45, 7) is -0.208. The molecule has 2 atom stereocenters. The van der Waals surface area contributed by atoms with Gasteiger partial charge in [0.25, 0.3) is 11.8 Å². The lowest BCUT2D eigenvalue weighted by Crippen LogP contribution is -2.43. The standard InChI is InChI=1S/C18H13BrClN5O3/c19-10-1-7-13(8-2-10)25-17(27)15-16(18(25)28)24(23-22-15)9-14(26)21-12-5-3-11(20)4-6-12/h1-8,15-16H,9H2,(H,21,26)/t15-,16+/m0/s1. The summed E-state index contributed by atoms with van der Waals surface area (Å²) in [6.07, 6.45) is 0. The Labute approximate surface area is 173 Å². The summed E-state index contributed by atoms with van der Waals surface area (Å²) in [7, 11) is 0. The number of benzene rings is 2. The molecule has 142 valence electrons. The summed E-state index contributed by atoms with van der Waals surface area (Å²) >= 11 is 9.14. The minimum absolute atomic E-state index is 0.208. The SMILES string of the molecule is O=C(CN1N=N[C@@H]2C(=O)N(c3ccc(Br)cc3)C(=O)[C@@H]21)Nc1ccc(Cl)cc1. The fourth-order valence-electron chi connectivity index (χ4n) is 3.08. The van der Waals surface area contributed by atoms with E-state index in [2.05, 4.69) is 31.6 Å². The summed E-state index contributed by atoms with van der Waals surface area (Å²) in [5.41, 5.74) is 1.01. The molecule has 8 nitrogen and oxygen atoms in total.